The fraction of sp³-hybridized carbons (Fsp3) is 0.182. The van der Waals surface area contributed by atoms with Crippen molar-refractivity contribution in [2.24, 2.45) is 0 Å². The van der Waals surface area contributed by atoms with Gasteiger partial charge < -0.3 is 14.5 Å². The molecule has 0 aliphatic carbocycles. The highest BCUT2D eigenvalue weighted by Crippen LogP contribution is 2.24. The molecule has 0 saturated carbocycles. The van der Waals surface area contributed by atoms with Gasteiger partial charge in [0.15, 0.2) is 0 Å². The number of nitrogens with zero attached hydrogens (tertiary/aromatic N) is 3. The van der Waals surface area contributed by atoms with E-state index >= 15 is 0 Å². The Kier molecular flexibility index (Phi) is 6.96. The molecule has 7 nitrogen and oxygen atoms in total. The van der Waals surface area contributed by atoms with Crippen LogP contribution in [0.5, 0.6) is 5.75 Å². The second-order valence-electron chi connectivity index (χ2n) is 6.60. The number of para-hydroxylation sites is 1. The third-order valence-electron chi connectivity index (χ3n) is 4.25. The van der Waals surface area contributed by atoms with E-state index in [0.717, 1.165) is 27.7 Å². The second-order valence-corrected chi connectivity index (χ2v) is 8.47. The molecule has 31 heavy (non-hydrogen) atoms. The molecule has 4 aromatic rings. The van der Waals surface area contributed by atoms with E-state index in [2.05, 4.69) is 20.5 Å². The largest absolute Gasteiger partial charge is 0.497 e. The number of hydrogen-bond acceptors (Lipinski definition) is 8. The number of benzene rings is 2. The fourth-order valence-electron chi connectivity index (χ4n) is 2.82. The van der Waals surface area contributed by atoms with Gasteiger partial charge in [-0.2, -0.15) is 0 Å². The van der Waals surface area contributed by atoms with Gasteiger partial charge in [-0.1, -0.05) is 42.1 Å². The summed E-state index contributed by atoms with van der Waals surface area (Å²) in [6.45, 7) is 0. The van der Waals surface area contributed by atoms with Crippen molar-refractivity contribution in [1.82, 2.24) is 15.2 Å². The number of nitrogens with one attached hydrogen (secondary N) is 1. The predicted molar refractivity (Wildman–Crippen MR) is 121 cm³/mol. The van der Waals surface area contributed by atoms with Crippen molar-refractivity contribution in [2.75, 3.05) is 12.4 Å². The molecule has 0 unspecified atom stereocenters. The fourth-order valence-corrected chi connectivity index (χ4v) is 4.39. The van der Waals surface area contributed by atoms with Gasteiger partial charge in [0.1, 0.15) is 10.8 Å². The van der Waals surface area contributed by atoms with Crippen molar-refractivity contribution in [3.63, 3.8) is 0 Å². The summed E-state index contributed by atoms with van der Waals surface area (Å²) in [7, 11) is 1.64. The van der Waals surface area contributed by atoms with Gasteiger partial charge in [-0.05, 0) is 29.8 Å². The first-order valence-electron chi connectivity index (χ1n) is 9.54. The molecule has 2 aromatic heterocycles. The van der Waals surface area contributed by atoms with Crippen LogP contribution in [0.1, 0.15) is 22.2 Å². The Morgan fingerprint density at radius 2 is 2.03 bits per heavy atom. The van der Waals surface area contributed by atoms with Gasteiger partial charge in [-0.3, -0.25) is 4.79 Å². The minimum Gasteiger partial charge on any atom is -0.497 e. The summed E-state index contributed by atoms with van der Waals surface area (Å²) in [4.78, 5) is 16.7. The molecule has 0 atom stereocenters. The molecule has 1 N–H and O–H groups in total. The Labute approximate surface area is 187 Å². The summed E-state index contributed by atoms with van der Waals surface area (Å²) in [5.41, 5.74) is 2.70. The number of thioether (sulfide) groups is 1. The molecular formula is C22H20N4O3S2. The van der Waals surface area contributed by atoms with Crippen LogP contribution >= 0.6 is 23.1 Å². The van der Waals surface area contributed by atoms with Crippen LogP contribution in [0.3, 0.4) is 0 Å². The molecule has 0 bridgehead atoms. The topological polar surface area (TPSA) is 90.1 Å². The van der Waals surface area contributed by atoms with Gasteiger partial charge in [0, 0.05) is 16.8 Å². The zero-order valence-corrected chi connectivity index (χ0v) is 18.4. The zero-order valence-electron chi connectivity index (χ0n) is 16.8. The maximum atomic E-state index is 12.2. The SMILES string of the molecule is COc1cccc(Cc2nnc(SCc3csc(CC(=O)Nc4ccccc4)n3)o2)c1. The molecule has 0 spiro atoms. The molecule has 158 valence electrons. The average molecular weight is 453 g/mol. The van der Waals surface area contributed by atoms with E-state index in [-0.39, 0.29) is 12.3 Å². The molecule has 4 rings (SSSR count). The van der Waals surface area contributed by atoms with Gasteiger partial charge in [-0.15, -0.1) is 21.5 Å². The predicted octanol–water partition coefficient (Wildman–Crippen LogP) is 4.60. The number of ether oxygens (including phenoxy) is 1. The summed E-state index contributed by atoms with van der Waals surface area (Å²) in [5.74, 6) is 1.85. The first-order chi connectivity index (χ1) is 15.2. The molecule has 1 amide bonds. The highest BCUT2D eigenvalue weighted by molar-refractivity contribution is 7.98. The van der Waals surface area contributed by atoms with E-state index in [0.29, 0.717) is 23.3 Å². The summed E-state index contributed by atoms with van der Waals surface area (Å²) < 4.78 is 11.0. The number of amides is 1. The molecule has 2 aromatic carbocycles. The highest BCUT2D eigenvalue weighted by Gasteiger charge is 2.12. The lowest BCUT2D eigenvalue weighted by Gasteiger charge is -2.02. The molecule has 0 aliphatic heterocycles. The van der Waals surface area contributed by atoms with Gasteiger partial charge in [-0.25, -0.2) is 4.98 Å². The van der Waals surface area contributed by atoms with Crippen LogP contribution in [-0.4, -0.2) is 28.2 Å². The number of rotatable bonds is 9. The molecule has 0 radical (unpaired) electrons. The lowest BCUT2D eigenvalue weighted by Crippen LogP contribution is -2.14. The van der Waals surface area contributed by atoms with Crippen LogP contribution in [0.25, 0.3) is 0 Å². The van der Waals surface area contributed by atoms with Crippen molar-refractivity contribution in [3.8, 4) is 5.75 Å². The van der Waals surface area contributed by atoms with Crippen LogP contribution in [0.15, 0.2) is 69.6 Å². The summed E-state index contributed by atoms with van der Waals surface area (Å²) in [6.07, 6.45) is 0.789. The first kappa shape index (κ1) is 21.1. The minimum absolute atomic E-state index is 0.0844. The van der Waals surface area contributed by atoms with Crippen molar-refractivity contribution in [2.45, 2.75) is 23.8 Å². The Morgan fingerprint density at radius 3 is 2.87 bits per heavy atom. The summed E-state index contributed by atoms with van der Waals surface area (Å²) >= 11 is 2.90. The normalized spacial score (nSPS) is 10.7. The lowest BCUT2D eigenvalue weighted by atomic mass is 10.1. The number of thiazole rings is 1. The molecule has 0 aliphatic rings. The molecule has 0 fully saturated rings. The second kappa shape index (κ2) is 10.2. The summed E-state index contributed by atoms with van der Waals surface area (Å²) in [5, 5.41) is 14.3. The van der Waals surface area contributed by atoms with Crippen LogP contribution < -0.4 is 10.1 Å². The van der Waals surface area contributed by atoms with Gasteiger partial charge in [0.05, 0.1) is 25.6 Å². The van der Waals surface area contributed by atoms with E-state index in [1.54, 1.807) is 7.11 Å². The summed E-state index contributed by atoms with van der Waals surface area (Å²) in [6, 6.07) is 17.1. The van der Waals surface area contributed by atoms with E-state index in [4.69, 9.17) is 9.15 Å². The van der Waals surface area contributed by atoms with E-state index < -0.39 is 0 Å². The van der Waals surface area contributed by atoms with Crippen molar-refractivity contribution in [1.29, 1.82) is 0 Å². The number of carbonyl (C=O) groups excluding carboxylic acids is 1. The van der Waals surface area contributed by atoms with Crippen LogP contribution in [0, 0.1) is 0 Å². The van der Waals surface area contributed by atoms with E-state index in [1.165, 1.54) is 23.1 Å². The maximum Gasteiger partial charge on any atom is 0.276 e. The third kappa shape index (κ3) is 6.16. The minimum atomic E-state index is -0.0844. The number of methoxy groups -OCH3 is 1. The number of carbonyl (C=O) groups is 1. The van der Waals surface area contributed by atoms with Crippen molar-refractivity contribution >= 4 is 34.7 Å². The lowest BCUT2D eigenvalue weighted by molar-refractivity contribution is -0.115. The Hall–Kier alpha value is -3.17. The molecule has 0 saturated heterocycles. The Balaban J connectivity index is 1.27. The highest BCUT2D eigenvalue weighted by atomic mass is 32.2. The van der Waals surface area contributed by atoms with Gasteiger partial charge >= 0.3 is 0 Å². The number of aromatic nitrogens is 3. The smallest absolute Gasteiger partial charge is 0.276 e. The van der Waals surface area contributed by atoms with E-state index in [1.807, 2.05) is 60.0 Å². The Bertz CT molecular complexity index is 1140. The molecule has 9 heteroatoms. The molecular weight excluding hydrogens is 432 g/mol. The first-order valence-corrected chi connectivity index (χ1v) is 11.4. The quantitative estimate of drug-likeness (QED) is 0.371. The maximum absolute atomic E-state index is 12.2. The van der Waals surface area contributed by atoms with Crippen LogP contribution in [-0.2, 0) is 23.4 Å². The van der Waals surface area contributed by atoms with Gasteiger partial charge in [0.25, 0.3) is 5.22 Å². The number of hydrogen-bond donors (Lipinski definition) is 1. The average Bonchev–Trinajstić information content (AvgIpc) is 3.42. The number of anilines is 1. The standard InChI is InChI=1S/C22H20N4O3S2/c1-28-18-9-5-6-15(10-18)11-20-25-26-22(29-20)31-14-17-13-30-21(24-17)12-19(27)23-16-7-3-2-4-8-16/h2-10,13H,11-12,14H2,1H3,(H,23,27). The molecule has 2 heterocycles. The van der Waals surface area contributed by atoms with Crippen molar-refractivity contribution < 1.29 is 13.9 Å². The van der Waals surface area contributed by atoms with Crippen molar-refractivity contribution in [3.05, 3.63) is 82.1 Å². The van der Waals surface area contributed by atoms with Gasteiger partial charge in [0.2, 0.25) is 11.8 Å². The van der Waals surface area contributed by atoms with E-state index in [9.17, 15) is 4.79 Å². The zero-order chi connectivity index (χ0) is 21.5. The monoisotopic (exact) mass is 452 g/mol. The third-order valence-corrected chi connectivity index (χ3v) is 6.00. The Morgan fingerprint density at radius 1 is 1.16 bits per heavy atom. The van der Waals surface area contributed by atoms with Crippen LogP contribution in [0.2, 0.25) is 0 Å². The van der Waals surface area contributed by atoms with Crippen LogP contribution in [0.4, 0.5) is 5.69 Å².